The summed E-state index contributed by atoms with van der Waals surface area (Å²) < 4.78 is 0. The SMILES string of the molecule is CCCCCCCCCC.O=C(O)/C=C\C(=O)O. The van der Waals surface area contributed by atoms with E-state index in [1.807, 2.05) is 0 Å². The standard InChI is InChI=1S/C10H22.C4H4O4/c1-3-5-7-9-10-8-6-4-2;5-3(6)1-2-4(7)8/h3-10H2,1-2H3;1-2H,(H,5,6)(H,7,8)/b;2-1-. The quantitative estimate of drug-likeness (QED) is 0.486. The van der Waals surface area contributed by atoms with Crippen molar-refractivity contribution >= 4 is 11.9 Å². The number of aliphatic carboxylic acids is 2. The molecule has 0 fully saturated rings. The van der Waals surface area contributed by atoms with Gasteiger partial charge in [-0.05, 0) is 0 Å². The van der Waals surface area contributed by atoms with E-state index in [1.54, 1.807) is 0 Å². The van der Waals surface area contributed by atoms with Gasteiger partial charge in [-0.1, -0.05) is 65.2 Å². The van der Waals surface area contributed by atoms with Crippen molar-refractivity contribution in [2.45, 2.75) is 65.2 Å². The summed E-state index contributed by atoms with van der Waals surface area (Å²) in [6.07, 6.45) is 12.6. The van der Waals surface area contributed by atoms with Gasteiger partial charge in [0, 0.05) is 12.2 Å². The second-order valence-electron chi connectivity index (χ2n) is 4.13. The molecule has 0 aliphatic heterocycles. The first-order valence-electron chi connectivity index (χ1n) is 6.68. The van der Waals surface area contributed by atoms with Gasteiger partial charge in [0.15, 0.2) is 0 Å². The van der Waals surface area contributed by atoms with Crippen LogP contribution in [-0.2, 0) is 9.59 Å². The zero-order chi connectivity index (χ0) is 14.2. The summed E-state index contributed by atoms with van der Waals surface area (Å²) in [5, 5.41) is 15.6. The Hall–Kier alpha value is -1.32. The highest BCUT2D eigenvalue weighted by Crippen LogP contribution is 2.07. The van der Waals surface area contributed by atoms with Gasteiger partial charge < -0.3 is 10.2 Å². The van der Waals surface area contributed by atoms with Crippen molar-refractivity contribution in [3.63, 3.8) is 0 Å². The van der Waals surface area contributed by atoms with Crippen LogP contribution in [0.2, 0.25) is 0 Å². The van der Waals surface area contributed by atoms with Gasteiger partial charge in [-0.2, -0.15) is 0 Å². The average Bonchev–Trinajstić information content (AvgIpc) is 2.32. The Bertz CT molecular complexity index is 210. The highest BCUT2D eigenvalue weighted by atomic mass is 16.4. The van der Waals surface area contributed by atoms with Crippen molar-refractivity contribution < 1.29 is 19.8 Å². The third-order valence-corrected chi connectivity index (χ3v) is 2.33. The Labute approximate surface area is 110 Å². The molecule has 0 unspecified atom stereocenters. The zero-order valence-electron chi connectivity index (χ0n) is 11.5. The van der Waals surface area contributed by atoms with Crippen LogP contribution in [0.1, 0.15) is 65.2 Å². The first-order chi connectivity index (χ1) is 8.54. The molecule has 0 heterocycles. The van der Waals surface area contributed by atoms with Crippen molar-refractivity contribution in [3.05, 3.63) is 12.2 Å². The maximum atomic E-state index is 9.55. The van der Waals surface area contributed by atoms with Crippen molar-refractivity contribution in [3.8, 4) is 0 Å². The minimum Gasteiger partial charge on any atom is -0.478 e. The predicted octanol–water partition coefficient (Wildman–Crippen LogP) is 3.86. The number of carboxylic acids is 2. The zero-order valence-corrected chi connectivity index (χ0v) is 11.5. The minimum atomic E-state index is -1.26. The van der Waals surface area contributed by atoms with E-state index in [1.165, 1.54) is 51.4 Å². The fourth-order valence-corrected chi connectivity index (χ4v) is 1.35. The Morgan fingerprint density at radius 1 is 0.722 bits per heavy atom. The topological polar surface area (TPSA) is 74.6 Å². The summed E-state index contributed by atoms with van der Waals surface area (Å²) in [7, 11) is 0. The van der Waals surface area contributed by atoms with Crippen molar-refractivity contribution in [2.75, 3.05) is 0 Å². The molecule has 0 aliphatic carbocycles. The number of carboxylic acid groups (broad SMARTS) is 2. The Morgan fingerprint density at radius 2 is 1.00 bits per heavy atom. The summed E-state index contributed by atoms with van der Waals surface area (Å²) in [5.41, 5.74) is 0. The molecule has 18 heavy (non-hydrogen) atoms. The lowest BCUT2D eigenvalue weighted by Crippen LogP contribution is -1.91. The van der Waals surface area contributed by atoms with Gasteiger partial charge >= 0.3 is 11.9 Å². The van der Waals surface area contributed by atoms with Crippen molar-refractivity contribution in [2.24, 2.45) is 0 Å². The minimum absolute atomic E-state index is 0.558. The van der Waals surface area contributed by atoms with Crippen molar-refractivity contribution in [1.82, 2.24) is 0 Å². The molecule has 0 aliphatic rings. The third kappa shape index (κ3) is 24.1. The van der Waals surface area contributed by atoms with Crippen LogP contribution in [0.15, 0.2) is 12.2 Å². The molecule has 4 nitrogen and oxygen atoms in total. The summed E-state index contributed by atoms with van der Waals surface area (Å²) >= 11 is 0. The number of rotatable bonds is 9. The number of unbranched alkanes of at least 4 members (excludes halogenated alkanes) is 7. The van der Waals surface area contributed by atoms with Crippen LogP contribution in [-0.4, -0.2) is 22.2 Å². The molecule has 106 valence electrons. The molecule has 0 spiro atoms. The van der Waals surface area contributed by atoms with E-state index in [2.05, 4.69) is 13.8 Å². The van der Waals surface area contributed by atoms with Crippen LogP contribution in [0, 0.1) is 0 Å². The van der Waals surface area contributed by atoms with E-state index < -0.39 is 11.9 Å². The maximum Gasteiger partial charge on any atom is 0.328 e. The molecule has 4 heteroatoms. The molecule has 0 aromatic carbocycles. The molecule has 0 bridgehead atoms. The van der Waals surface area contributed by atoms with Crippen LogP contribution in [0.3, 0.4) is 0 Å². The molecule has 0 saturated carbocycles. The highest BCUT2D eigenvalue weighted by Gasteiger charge is 1.88. The van der Waals surface area contributed by atoms with E-state index >= 15 is 0 Å². The van der Waals surface area contributed by atoms with Gasteiger partial charge in [0.25, 0.3) is 0 Å². The van der Waals surface area contributed by atoms with E-state index in [0.717, 1.165) is 0 Å². The Kier molecular flexibility index (Phi) is 16.6. The molecule has 0 saturated heterocycles. The smallest absolute Gasteiger partial charge is 0.328 e. The van der Waals surface area contributed by atoms with Gasteiger partial charge in [0.2, 0.25) is 0 Å². The van der Waals surface area contributed by atoms with Crippen LogP contribution in [0.25, 0.3) is 0 Å². The molecule has 0 rings (SSSR count). The monoisotopic (exact) mass is 258 g/mol. The molecular weight excluding hydrogens is 232 g/mol. The van der Waals surface area contributed by atoms with E-state index in [9.17, 15) is 9.59 Å². The summed E-state index contributed by atoms with van der Waals surface area (Å²) in [6.45, 7) is 4.54. The average molecular weight is 258 g/mol. The third-order valence-electron chi connectivity index (χ3n) is 2.33. The number of hydrogen-bond acceptors (Lipinski definition) is 2. The Balaban J connectivity index is 0. The van der Waals surface area contributed by atoms with Crippen LogP contribution < -0.4 is 0 Å². The van der Waals surface area contributed by atoms with Crippen LogP contribution in [0.4, 0.5) is 0 Å². The lowest BCUT2D eigenvalue weighted by Gasteiger charge is -1.97. The van der Waals surface area contributed by atoms with Gasteiger partial charge in [0.1, 0.15) is 0 Å². The number of hydrogen-bond donors (Lipinski definition) is 2. The van der Waals surface area contributed by atoms with Gasteiger partial charge in [-0.15, -0.1) is 0 Å². The fourth-order valence-electron chi connectivity index (χ4n) is 1.35. The fraction of sp³-hybridized carbons (Fsp3) is 0.714. The highest BCUT2D eigenvalue weighted by molar-refractivity contribution is 5.89. The lowest BCUT2D eigenvalue weighted by atomic mass is 10.1. The lowest BCUT2D eigenvalue weighted by molar-refractivity contribution is -0.134. The first-order valence-corrected chi connectivity index (χ1v) is 6.68. The molecule has 0 radical (unpaired) electrons. The largest absolute Gasteiger partial charge is 0.478 e. The van der Waals surface area contributed by atoms with E-state index in [0.29, 0.717) is 12.2 Å². The first kappa shape index (κ1) is 19.0. The van der Waals surface area contributed by atoms with Gasteiger partial charge in [-0.25, -0.2) is 9.59 Å². The molecule has 2 N–H and O–H groups in total. The normalized spacial score (nSPS) is 9.89. The molecule has 0 amide bonds. The second-order valence-corrected chi connectivity index (χ2v) is 4.13. The molecule has 0 aromatic rings. The molecular formula is C14H26O4. The summed E-state index contributed by atoms with van der Waals surface area (Å²) in [6, 6.07) is 0. The summed E-state index contributed by atoms with van der Waals surface area (Å²) in [5.74, 6) is -2.51. The summed E-state index contributed by atoms with van der Waals surface area (Å²) in [4.78, 5) is 19.1. The van der Waals surface area contributed by atoms with Crippen molar-refractivity contribution in [1.29, 1.82) is 0 Å². The van der Waals surface area contributed by atoms with Gasteiger partial charge in [-0.3, -0.25) is 0 Å². The van der Waals surface area contributed by atoms with Gasteiger partial charge in [0.05, 0.1) is 0 Å². The van der Waals surface area contributed by atoms with E-state index in [4.69, 9.17) is 10.2 Å². The molecule has 0 atom stereocenters. The number of carbonyl (C=O) groups is 2. The second kappa shape index (κ2) is 15.7. The maximum absolute atomic E-state index is 9.55. The van der Waals surface area contributed by atoms with E-state index in [-0.39, 0.29) is 0 Å². The van der Waals surface area contributed by atoms with Crippen LogP contribution >= 0.6 is 0 Å². The van der Waals surface area contributed by atoms with Crippen LogP contribution in [0.5, 0.6) is 0 Å². The Morgan fingerprint density at radius 3 is 1.22 bits per heavy atom. The molecule has 0 aromatic heterocycles. The predicted molar refractivity (Wildman–Crippen MR) is 72.7 cm³/mol.